The molecule has 0 bridgehead atoms. The third kappa shape index (κ3) is 29.1. The highest BCUT2D eigenvalue weighted by molar-refractivity contribution is 5.42. The van der Waals surface area contributed by atoms with Gasteiger partial charge >= 0.3 is 0 Å². The van der Waals surface area contributed by atoms with E-state index in [-0.39, 0.29) is 19.5 Å². The van der Waals surface area contributed by atoms with Crippen LogP contribution < -0.4 is 9.47 Å². The summed E-state index contributed by atoms with van der Waals surface area (Å²) in [6.07, 6.45) is 7.90. The highest BCUT2D eigenvalue weighted by Crippen LogP contribution is 2.36. The van der Waals surface area contributed by atoms with E-state index in [0.717, 1.165) is 11.3 Å². The van der Waals surface area contributed by atoms with Crippen LogP contribution in [0.5, 0.6) is 11.5 Å². The molecule has 0 aliphatic carbocycles. The quantitative estimate of drug-likeness (QED) is 0.127. The average molecular weight is 575 g/mol. The Bertz CT molecular complexity index is 635. The second-order valence-electron chi connectivity index (χ2n) is 7.64. The van der Waals surface area contributed by atoms with Crippen LogP contribution in [-0.2, 0) is 18.9 Å². The maximum Gasteiger partial charge on any atom is 0.188 e. The van der Waals surface area contributed by atoms with Gasteiger partial charge in [0.15, 0.2) is 13.6 Å². The van der Waals surface area contributed by atoms with Crippen molar-refractivity contribution in [1.29, 1.82) is 0 Å². The first-order valence-corrected chi connectivity index (χ1v) is 14.7. The summed E-state index contributed by atoms with van der Waals surface area (Å²) < 4.78 is 30.5. The van der Waals surface area contributed by atoms with E-state index in [9.17, 15) is 5.11 Å². The van der Waals surface area contributed by atoms with Crippen LogP contribution in [0.2, 0.25) is 0 Å². The molecule has 0 radical (unpaired) electrons. The summed E-state index contributed by atoms with van der Waals surface area (Å²) in [4.78, 5) is 0. The van der Waals surface area contributed by atoms with Crippen LogP contribution in [0.15, 0.2) is 43.0 Å². The summed E-state index contributed by atoms with van der Waals surface area (Å²) in [6, 6.07) is 5.62. The van der Waals surface area contributed by atoms with Crippen molar-refractivity contribution >= 4 is 0 Å². The fourth-order valence-electron chi connectivity index (χ4n) is 2.88. The lowest BCUT2D eigenvalue weighted by atomic mass is 9.84. The predicted octanol–water partition coefficient (Wildman–Crippen LogP) is 9.15. The van der Waals surface area contributed by atoms with Crippen molar-refractivity contribution in [3.63, 3.8) is 0 Å². The first kappa shape index (κ1) is 47.9. The van der Waals surface area contributed by atoms with Crippen molar-refractivity contribution in [3.8, 4) is 11.5 Å². The molecule has 0 saturated heterocycles. The summed E-state index contributed by atoms with van der Waals surface area (Å²) in [7, 11) is 4.75. The van der Waals surface area contributed by atoms with Gasteiger partial charge in [-0.25, -0.2) is 0 Å². The second kappa shape index (κ2) is 39.2. The summed E-state index contributed by atoms with van der Waals surface area (Å²) in [5.41, 5.74) is 0.132. The number of hydrogen-bond donors (Lipinski definition) is 1. The number of allylic oxidation sites excluding steroid dienone is 1. The standard InChI is InChI=1S/C19H30O5.C5H10O2.C3H8.3C2H6/c1-6-10-19(20,7-2)12-15(3)17-11-16(23-13-21-4)8-9-18(17)24-14-22-5;1-3-4-7-5-6-2;1-3-2;3*1-2/h6,8-11,15,20H,7,12-14H2,1-5H3;3H,1,4-5H2,2H3;3H2,1-2H3;3*1-2H3/b10-6+;;;;;. The number of rotatable bonds is 15. The van der Waals surface area contributed by atoms with Crippen molar-refractivity contribution in [2.75, 3.05) is 48.3 Å². The van der Waals surface area contributed by atoms with E-state index in [1.54, 1.807) is 27.4 Å². The molecule has 0 fully saturated rings. The molecule has 1 aromatic carbocycles. The van der Waals surface area contributed by atoms with E-state index >= 15 is 0 Å². The van der Waals surface area contributed by atoms with Crippen molar-refractivity contribution in [2.24, 2.45) is 0 Å². The number of aliphatic hydroxyl groups is 1. The topological polar surface area (TPSA) is 75.6 Å². The molecule has 7 heteroatoms. The molecular weight excluding hydrogens is 508 g/mol. The Morgan fingerprint density at radius 1 is 0.875 bits per heavy atom. The van der Waals surface area contributed by atoms with Gasteiger partial charge in [-0.05, 0) is 43.9 Å². The Kier molecular flexibility index (Phi) is 47.0. The minimum Gasteiger partial charge on any atom is -0.468 e. The van der Waals surface area contributed by atoms with E-state index in [1.807, 2.05) is 85.7 Å². The molecule has 40 heavy (non-hydrogen) atoms. The van der Waals surface area contributed by atoms with E-state index in [0.29, 0.717) is 32.0 Å². The zero-order chi connectivity index (χ0) is 32.2. The Balaban J connectivity index is -0.000000212. The van der Waals surface area contributed by atoms with Crippen molar-refractivity contribution in [3.05, 3.63) is 48.6 Å². The van der Waals surface area contributed by atoms with Gasteiger partial charge in [-0.2, -0.15) is 0 Å². The van der Waals surface area contributed by atoms with Crippen molar-refractivity contribution < 1.29 is 33.5 Å². The fraction of sp³-hybridized carbons (Fsp3) is 0.697. The Labute approximate surface area is 248 Å². The monoisotopic (exact) mass is 574 g/mol. The lowest BCUT2D eigenvalue weighted by Crippen LogP contribution is -2.27. The highest BCUT2D eigenvalue weighted by atomic mass is 16.7. The highest BCUT2D eigenvalue weighted by Gasteiger charge is 2.26. The molecule has 240 valence electrons. The van der Waals surface area contributed by atoms with Crippen LogP contribution in [0.3, 0.4) is 0 Å². The molecule has 0 heterocycles. The van der Waals surface area contributed by atoms with E-state index < -0.39 is 5.60 Å². The van der Waals surface area contributed by atoms with Crippen LogP contribution in [-0.4, -0.2) is 59.0 Å². The van der Waals surface area contributed by atoms with Crippen LogP contribution in [0, 0.1) is 0 Å². The van der Waals surface area contributed by atoms with Gasteiger partial charge in [0.2, 0.25) is 0 Å². The molecule has 0 aliphatic heterocycles. The minimum atomic E-state index is -0.837. The molecule has 1 rings (SSSR count). The van der Waals surface area contributed by atoms with E-state index in [2.05, 4.69) is 32.1 Å². The molecule has 0 saturated carbocycles. The zero-order valence-electron chi connectivity index (χ0n) is 28.6. The molecule has 1 N–H and O–H groups in total. The zero-order valence-corrected chi connectivity index (χ0v) is 28.6. The molecule has 2 atom stereocenters. The second-order valence-corrected chi connectivity index (χ2v) is 7.64. The third-order valence-electron chi connectivity index (χ3n) is 4.37. The van der Waals surface area contributed by atoms with Crippen LogP contribution in [0.1, 0.15) is 107 Å². The molecule has 7 nitrogen and oxygen atoms in total. The van der Waals surface area contributed by atoms with Gasteiger partial charge in [0.25, 0.3) is 0 Å². The van der Waals surface area contributed by atoms with Crippen LogP contribution >= 0.6 is 0 Å². The summed E-state index contributed by atoms with van der Waals surface area (Å²) in [5.74, 6) is 1.51. The molecule has 2 unspecified atom stereocenters. The van der Waals surface area contributed by atoms with Crippen LogP contribution in [0.4, 0.5) is 0 Å². The smallest absolute Gasteiger partial charge is 0.188 e. The summed E-state index contributed by atoms with van der Waals surface area (Å²) in [6.45, 7) is 26.9. The lowest BCUT2D eigenvalue weighted by Gasteiger charge is -2.28. The van der Waals surface area contributed by atoms with Gasteiger partial charge < -0.3 is 33.5 Å². The van der Waals surface area contributed by atoms with Gasteiger partial charge in [-0.3, -0.25) is 0 Å². The third-order valence-corrected chi connectivity index (χ3v) is 4.37. The lowest BCUT2D eigenvalue weighted by molar-refractivity contribution is -0.0185. The molecule has 1 aromatic rings. The Morgan fingerprint density at radius 3 is 1.80 bits per heavy atom. The Hall–Kier alpha value is -1.90. The van der Waals surface area contributed by atoms with E-state index in [4.69, 9.17) is 23.7 Å². The molecule has 0 amide bonds. The minimum absolute atomic E-state index is 0.0732. The van der Waals surface area contributed by atoms with Gasteiger partial charge in [0.05, 0.1) is 12.2 Å². The van der Waals surface area contributed by atoms with Crippen molar-refractivity contribution in [2.45, 2.75) is 107 Å². The summed E-state index contributed by atoms with van der Waals surface area (Å²) >= 11 is 0. The molecule has 0 aliphatic rings. The molecular formula is C33H66O7. The number of benzene rings is 1. The fourth-order valence-corrected chi connectivity index (χ4v) is 2.88. The van der Waals surface area contributed by atoms with Gasteiger partial charge in [-0.15, -0.1) is 6.58 Å². The van der Waals surface area contributed by atoms with Crippen LogP contribution in [0.25, 0.3) is 0 Å². The van der Waals surface area contributed by atoms with E-state index in [1.165, 1.54) is 6.42 Å². The van der Waals surface area contributed by atoms with Gasteiger partial charge in [0.1, 0.15) is 18.3 Å². The van der Waals surface area contributed by atoms with Gasteiger partial charge in [0, 0.05) is 26.9 Å². The first-order valence-electron chi connectivity index (χ1n) is 14.7. The van der Waals surface area contributed by atoms with Gasteiger partial charge in [-0.1, -0.05) is 93.9 Å². The predicted molar refractivity (Wildman–Crippen MR) is 173 cm³/mol. The maximum atomic E-state index is 10.7. The largest absolute Gasteiger partial charge is 0.468 e. The first-order chi connectivity index (χ1) is 19.3. The van der Waals surface area contributed by atoms with Crippen molar-refractivity contribution in [1.82, 2.24) is 0 Å². The normalized spacial score (nSPS) is 11.6. The molecule has 0 spiro atoms. The Morgan fingerprint density at radius 2 is 1.38 bits per heavy atom. The number of hydrogen-bond acceptors (Lipinski definition) is 7. The summed E-state index contributed by atoms with van der Waals surface area (Å²) in [5, 5.41) is 10.7. The number of methoxy groups -OCH3 is 3. The maximum absolute atomic E-state index is 10.7. The molecule has 0 aromatic heterocycles. The SMILES string of the molecule is C/C=C/C(O)(CC)CC(C)c1cc(OCOC)ccc1OCOC.C=CCOCOC.CC.CC.CC.CCC. The average Bonchev–Trinajstić information content (AvgIpc) is 2.99. The number of ether oxygens (including phenoxy) is 6.